The lowest BCUT2D eigenvalue weighted by molar-refractivity contribution is 0.475. The van der Waals surface area contributed by atoms with Gasteiger partial charge in [-0.1, -0.05) is 18.2 Å². The molecular weight excluding hydrogens is 255 g/mol. The van der Waals surface area contributed by atoms with Gasteiger partial charge >= 0.3 is 0 Å². The molecule has 0 unspecified atom stereocenters. The van der Waals surface area contributed by atoms with Crippen molar-refractivity contribution in [1.82, 2.24) is 0 Å². The second-order valence-corrected chi connectivity index (χ2v) is 4.71. The quantitative estimate of drug-likeness (QED) is 0.851. The minimum absolute atomic E-state index is 0.244. The second-order valence-electron chi connectivity index (χ2n) is 4.71. The van der Waals surface area contributed by atoms with Crippen LogP contribution in [0, 0.1) is 5.82 Å². The molecule has 4 heteroatoms. The van der Waals surface area contributed by atoms with Gasteiger partial charge in [-0.25, -0.2) is 4.39 Å². The van der Waals surface area contributed by atoms with Crippen molar-refractivity contribution in [1.29, 1.82) is 0 Å². The molecule has 0 aliphatic carbocycles. The van der Waals surface area contributed by atoms with Crippen LogP contribution in [0.2, 0.25) is 0 Å². The van der Waals surface area contributed by atoms with Crippen molar-refractivity contribution >= 4 is 5.69 Å². The lowest BCUT2D eigenvalue weighted by Crippen LogP contribution is -2.25. The van der Waals surface area contributed by atoms with Gasteiger partial charge in [0.2, 0.25) is 0 Å². The summed E-state index contributed by atoms with van der Waals surface area (Å²) in [6, 6.07) is 13.6. The lowest BCUT2D eigenvalue weighted by atomic mass is 10.1. The molecule has 0 heterocycles. The Morgan fingerprint density at radius 3 is 2.50 bits per heavy atom. The highest BCUT2D eigenvalue weighted by Crippen LogP contribution is 2.19. The molecule has 3 N–H and O–H groups in total. The molecule has 0 saturated carbocycles. The van der Waals surface area contributed by atoms with Gasteiger partial charge in [-0.3, -0.25) is 0 Å². The number of halogens is 1. The molecule has 0 atom stereocenters. The van der Waals surface area contributed by atoms with Crippen molar-refractivity contribution < 1.29 is 9.50 Å². The van der Waals surface area contributed by atoms with Gasteiger partial charge in [0.1, 0.15) is 11.6 Å². The summed E-state index contributed by atoms with van der Waals surface area (Å²) in [6.45, 7) is 2.02. The molecule has 106 valence electrons. The number of phenolic OH excluding ortho intramolecular Hbond substituents is 1. The highest BCUT2D eigenvalue weighted by molar-refractivity contribution is 5.47. The van der Waals surface area contributed by atoms with Crippen molar-refractivity contribution in [2.75, 3.05) is 18.0 Å². The minimum atomic E-state index is -0.244. The smallest absolute Gasteiger partial charge is 0.125 e. The number of hydrogen-bond donors (Lipinski definition) is 2. The summed E-state index contributed by atoms with van der Waals surface area (Å²) in [6.07, 6.45) is 0.842. The van der Waals surface area contributed by atoms with Gasteiger partial charge in [-0.2, -0.15) is 0 Å². The molecule has 0 aliphatic rings. The maximum absolute atomic E-state index is 13.4. The van der Waals surface area contributed by atoms with Crippen LogP contribution in [0.25, 0.3) is 0 Å². The van der Waals surface area contributed by atoms with Crippen molar-refractivity contribution in [3.8, 4) is 5.75 Å². The highest BCUT2D eigenvalue weighted by atomic mass is 19.1. The number of rotatable bonds is 6. The summed E-state index contributed by atoms with van der Waals surface area (Å²) in [5.41, 5.74) is 7.46. The third kappa shape index (κ3) is 3.96. The zero-order chi connectivity index (χ0) is 14.4. The molecule has 2 aromatic rings. The van der Waals surface area contributed by atoms with Gasteiger partial charge in [-0.15, -0.1) is 0 Å². The zero-order valence-electron chi connectivity index (χ0n) is 11.3. The van der Waals surface area contributed by atoms with E-state index in [4.69, 9.17) is 5.73 Å². The van der Waals surface area contributed by atoms with E-state index in [2.05, 4.69) is 4.90 Å². The van der Waals surface area contributed by atoms with Crippen LogP contribution in [0.5, 0.6) is 5.75 Å². The minimum Gasteiger partial charge on any atom is -0.508 e. The van der Waals surface area contributed by atoms with E-state index in [-0.39, 0.29) is 11.6 Å². The molecule has 0 radical (unpaired) electrons. The van der Waals surface area contributed by atoms with E-state index < -0.39 is 0 Å². The largest absolute Gasteiger partial charge is 0.508 e. The Bertz CT molecular complexity index is 542. The van der Waals surface area contributed by atoms with E-state index in [1.54, 1.807) is 18.2 Å². The molecule has 2 rings (SSSR count). The van der Waals surface area contributed by atoms with Gasteiger partial charge in [0.25, 0.3) is 0 Å². The first-order valence-corrected chi connectivity index (χ1v) is 6.67. The van der Waals surface area contributed by atoms with Crippen LogP contribution in [0.15, 0.2) is 48.5 Å². The van der Waals surface area contributed by atoms with Gasteiger partial charge in [0.05, 0.1) is 0 Å². The van der Waals surface area contributed by atoms with E-state index in [1.807, 2.05) is 18.2 Å². The monoisotopic (exact) mass is 274 g/mol. The molecular formula is C16H19FN2O. The van der Waals surface area contributed by atoms with Crippen LogP contribution in [-0.4, -0.2) is 18.2 Å². The van der Waals surface area contributed by atoms with E-state index >= 15 is 0 Å². The fourth-order valence-electron chi connectivity index (χ4n) is 2.08. The average Bonchev–Trinajstić information content (AvgIpc) is 2.45. The van der Waals surface area contributed by atoms with Crippen LogP contribution in [0.1, 0.15) is 12.0 Å². The summed E-state index contributed by atoms with van der Waals surface area (Å²) < 4.78 is 13.4. The number of nitrogens with two attached hydrogens (primary N) is 1. The molecule has 0 bridgehead atoms. The number of phenols is 1. The van der Waals surface area contributed by atoms with Crippen molar-refractivity contribution in [2.24, 2.45) is 5.73 Å². The van der Waals surface area contributed by atoms with Crippen LogP contribution >= 0.6 is 0 Å². The first-order chi connectivity index (χ1) is 9.69. The highest BCUT2D eigenvalue weighted by Gasteiger charge is 2.08. The van der Waals surface area contributed by atoms with Gasteiger partial charge in [0, 0.05) is 18.8 Å². The third-order valence-corrected chi connectivity index (χ3v) is 3.12. The molecule has 0 amide bonds. The van der Waals surface area contributed by atoms with E-state index in [9.17, 15) is 9.50 Å². The van der Waals surface area contributed by atoms with E-state index in [0.717, 1.165) is 24.2 Å². The Morgan fingerprint density at radius 1 is 1.10 bits per heavy atom. The normalized spacial score (nSPS) is 10.5. The molecule has 2 aromatic carbocycles. The average molecular weight is 274 g/mol. The van der Waals surface area contributed by atoms with Crippen LogP contribution < -0.4 is 10.6 Å². The summed E-state index contributed by atoms with van der Waals surface area (Å²) in [4.78, 5) is 2.09. The van der Waals surface area contributed by atoms with Crippen molar-refractivity contribution in [3.05, 3.63) is 59.9 Å². The first-order valence-electron chi connectivity index (χ1n) is 6.67. The Morgan fingerprint density at radius 2 is 1.85 bits per heavy atom. The molecule has 0 aliphatic heterocycles. The Balaban J connectivity index is 2.16. The Hall–Kier alpha value is -2.07. The van der Waals surface area contributed by atoms with E-state index in [0.29, 0.717) is 13.1 Å². The van der Waals surface area contributed by atoms with Gasteiger partial charge < -0.3 is 15.7 Å². The number of aromatic hydroxyl groups is 1. The topological polar surface area (TPSA) is 49.5 Å². The van der Waals surface area contributed by atoms with Gasteiger partial charge in [0.15, 0.2) is 0 Å². The number of anilines is 1. The maximum Gasteiger partial charge on any atom is 0.125 e. The van der Waals surface area contributed by atoms with E-state index in [1.165, 1.54) is 12.1 Å². The first kappa shape index (κ1) is 14.3. The molecule has 3 nitrogen and oxygen atoms in total. The standard InChI is InChI=1S/C16H19FN2O/c17-14-3-1-4-15(11-14)19(10-2-9-18)12-13-5-7-16(20)8-6-13/h1,3-8,11,20H,2,9-10,12,18H2. The Labute approximate surface area is 118 Å². The summed E-state index contributed by atoms with van der Waals surface area (Å²) in [7, 11) is 0. The van der Waals surface area contributed by atoms with Gasteiger partial charge in [-0.05, 0) is 48.9 Å². The predicted octanol–water partition coefficient (Wildman–Crippen LogP) is 2.89. The zero-order valence-corrected chi connectivity index (χ0v) is 11.3. The molecule has 0 saturated heterocycles. The fraction of sp³-hybridized carbons (Fsp3) is 0.250. The lowest BCUT2D eigenvalue weighted by Gasteiger charge is -2.25. The number of nitrogens with zero attached hydrogens (tertiary/aromatic N) is 1. The second kappa shape index (κ2) is 6.91. The summed E-state index contributed by atoms with van der Waals surface area (Å²) in [5.74, 6) is -0.000955. The predicted molar refractivity (Wildman–Crippen MR) is 79.2 cm³/mol. The molecule has 0 aromatic heterocycles. The molecule has 20 heavy (non-hydrogen) atoms. The fourth-order valence-corrected chi connectivity index (χ4v) is 2.08. The summed E-state index contributed by atoms with van der Waals surface area (Å²) in [5, 5.41) is 9.31. The van der Waals surface area contributed by atoms with Crippen LogP contribution in [0.3, 0.4) is 0 Å². The third-order valence-electron chi connectivity index (χ3n) is 3.12. The van der Waals surface area contributed by atoms with Crippen molar-refractivity contribution in [2.45, 2.75) is 13.0 Å². The van der Waals surface area contributed by atoms with Crippen molar-refractivity contribution in [3.63, 3.8) is 0 Å². The number of benzene rings is 2. The number of hydrogen-bond acceptors (Lipinski definition) is 3. The molecule has 0 spiro atoms. The molecule has 0 fully saturated rings. The Kier molecular flexibility index (Phi) is 4.96. The SMILES string of the molecule is NCCCN(Cc1ccc(O)cc1)c1cccc(F)c1. The van der Waals surface area contributed by atoms with Crippen LogP contribution in [0.4, 0.5) is 10.1 Å². The summed E-state index contributed by atoms with van der Waals surface area (Å²) >= 11 is 0. The van der Waals surface area contributed by atoms with Crippen LogP contribution in [-0.2, 0) is 6.54 Å². The maximum atomic E-state index is 13.4.